The standard InChI is InChI=1S/C25H25N3O3/c1-15-9-4-6-11-18(15)24(29)28-27-20-13-8-14-21-22(20)17(3)23(31-21)25(30)26-19-12-7-5-10-16(19)2/h4-7,9-12H,8,13-14H2,1-3H3,(H,26,30)(H,28,29)/b27-20+. The largest absolute Gasteiger partial charge is 0.455 e. The lowest BCUT2D eigenvalue weighted by atomic mass is 9.93. The normalized spacial score (nSPS) is 14.2. The van der Waals surface area contributed by atoms with Crippen LogP contribution in [-0.4, -0.2) is 17.5 Å². The molecule has 0 fully saturated rings. The monoisotopic (exact) mass is 415 g/mol. The number of furan rings is 1. The lowest BCUT2D eigenvalue weighted by Gasteiger charge is -2.13. The quantitative estimate of drug-likeness (QED) is 0.593. The third kappa shape index (κ3) is 4.14. The van der Waals surface area contributed by atoms with Gasteiger partial charge in [0.15, 0.2) is 5.76 Å². The minimum atomic E-state index is -0.288. The van der Waals surface area contributed by atoms with Crippen LogP contribution in [0, 0.1) is 20.8 Å². The van der Waals surface area contributed by atoms with Crippen LogP contribution in [0.25, 0.3) is 0 Å². The van der Waals surface area contributed by atoms with E-state index in [1.807, 2.05) is 63.2 Å². The Hall–Kier alpha value is -3.67. The molecule has 1 aliphatic carbocycles. The molecule has 0 saturated carbocycles. The first kappa shape index (κ1) is 20.6. The molecule has 1 heterocycles. The summed E-state index contributed by atoms with van der Waals surface area (Å²) >= 11 is 0. The highest BCUT2D eigenvalue weighted by atomic mass is 16.4. The molecule has 0 saturated heterocycles. The molecule has 31 heavy (non-hydrogen) atoms. The van der Waals surface area contributed by atoms with Crippen LogP contribution in [0.5, 0.6) is 0 Å². The molecule has 158 valence electrons. The first-order chi connectivity index (χ1) is 15.0. The highest BCUT2D eigenvalue weighted by Gasteiger charge is 2.28. The first-order valence-corrected chi connectivity index (χ1v) is 10.4. The summed E-state index contributed by atoms with van der Waals surface area (Å²) in [6.07, 6.45) is 2.29. The lowest BCUT2D eigenvalue weighted by molar-refractivity contribution is 0.0953. The summed E-state index contributed by atoms with van der Waals surface area (Å²) in [6, 6.07) is 15.0. The molecule has 1 aromatic heterocycles. The average molecular weight is 415 g/mol. The van der Waals surface area contributed by atoms with E-state index in [0.717, 1.165) is 52.3 Å². The number of nitrogens with one attached hydrogen (secondary N) is 2. The fourth-order valence-corrected chi connectivity index (χ4v) is 3.90. The van der Waals surface area contributed by atoms with Crippen molar-refractivity contribution in [2.45, 2.75) is 40.0 Å². The van der Waals surface area contributed by atoms with E-state index < -0.39 is 0 Å². The van der Waals surface area contributed by atoms with Crippen LogP contribution in [0.2, 0.25) is 0 Å². The van der Waals surface area contributed by atoms with E-state index in [1.165, 1.54) is 0 Å². The van der Waals surface area contributed by atoms with Crippen LogP contribution >= 0.6 is 0 Å². The van der Waals surface area contributed by atoms with Gasteiger partial charge < -0.3 is 9.73 Å². The molecule has 2 amide bonds. The SMILES string of the molecule is Cc1ccccc1NC(=O)c1oc2c(c1C)/C(=N/NC(=O)c1ccccc1C)CCC2. The number of benzene rings is 2. The van der Waals surface area contributed by atoms with Gasteiger partial charge in [-0.1, -0.05) is 36.4 Å². The zero-order chi connectivity index (χ0) is 22.0. The predicted octanol–water partition coefficient (Wildman–Crippen LogP) is 4.93. The Bertz CT molecular complexity index is 1190. The smallest absolute Gasteiger partial charge is 0.291 e. The minimum absolute atomic E-state index is 0.253. The third-order valence-corrected chi connectivity index (χ3v) is 5.61. The molecule has 2 N–H and O–H groups in total. The second kappa shape index (κ2) is 8.60. The molecule has 6 heteroatoms. The van der Waals surface area contributed by atoms with E-state index in [1.54, 1.807) is 6.07 Å². The van der Waals surface area contributed by atoms with Crippen LogP contribution in [0.1, 0.15) is 61.8 Å². The summed E-state index contributed by atoms with van der Waals surface area (Å²) in [6.45, 7) is 5.69. The molecule has 0 spiro atoms. The Morgan fingerprint density at radius 1 is 0.903 bits per heavy atom. The van der Waals surface area contributed by atoms with Gasteiger partial charge in [0.25, 0.3) is 11.8 Å². The van der Waals surface area contributed by atoms with E-state index in [9.17, 15) is 9.59 Å². The average Bonchev–Trinajstić information content (AvgIpc) is 3.11. The van der Waals surface area contributed by atoms with Crippen LogP contribution in [-0.2, 0) is 6.42 Å². The van der Waals surface area contributed by atoms with Gasteiger partial charge in [-0.2, -0.15) is 5.10 Å². The number of aryl methyl sites for hydroxylation is 3. The molecular weight excluding hydrogens is 390 g/mol. The van der Waals surface area contributed by atoms with E-state index in [4.69, 9.17) is 4.42 Å². The van der Waals surface area contributed by atoms with Gasteiger partial charge in [0, 0.05) is 28.8 Å². The highest BCUT2D eigenvalue weighted by molar-refractivity contribution is 6.09. The Balaban J connectivity index is 1.59. The number of fused-ring (bicyclic) bond motifs is 1. The van der Waals surface area contributed by atoms with Crippen molar-refractivity contribution in [1.29, 1.82) is 0 Å². The van der Waals surface area contributed by atoms with Crippen molar-refractivity contribution in [3.05, 3.63) is 87.9 Å². The van der Waals surface area contributed by atoms with Gasteiger partial charge >= 0.3 is 0 Å². The van der Waals surface area contributed by atoms with Crippen molar-refractivity contribution in [2.75, 3.05) is 5.32 Å². The maximum atomic E-state index is 12.9. The van der Waals surface area contributed by atoms with Crippen molar-refractivity contribution < 1.29 is 14.0 Å². The number of anilines is 1. The summed E-state index contributed by atoms with van der Waals surface area (Å²) in [5, 5.41) is 7.33. The fourth-order valence-electron chi connectivity index (χ4n) is 3.90. The number of rotatable bonds is 4. The number of carbonyl (C=O) groups is 2. The fraction of sp³-hybridized carbons (Fsp3) is 0.240. The zero-order valence-corrected chi connectivity index (χ0v) is 17.9. The van der Waals surface area contributed by atoms with Gasteiger partial charge in [0.2, 0.25) is 0 Å². The molecule has 0 unspecified atom stereocenters. The van der Waals surface area contributed by atoms with Crippen LogP contribution < -0.4 is 10.7 Å². The number of hydrogen-bond donors (Lipinski definition) is 2. The first-order valence-electron chi connectivity index (χ1n) is 10.4. The summed E-state index contributed by atoms with van der Waals surface area (Å²) in [7, 11) is 0. The second-order valence-electron chi connectivity index (χ2n) is 7.79. The van der Waals surface area contributed by atoms with Crippen molar-refractivity contribution >= 4 is 23.2 Å². The maximum Gasteiger partial charge on any atom is 0.291 e. The third-order valence-electron chi connectivity index (χ3n) is 5.61. The predicted molar refractivity (Wildman–Crippen MR) is 121 cm³/mol. The van der Waals surface area contributed by atoms with Gasteiger partial charge in [0.05, 0.1) is 5.71 Å². The summed E-state index contributed by atoms with van der Waals surface area (Å²) in [5.41, 5.74) is 8.18. The van der Waals surface area contributed by atoms with Crippen molar-refractivity contribution in [1.82, 2.24) is 5.43 Å². The van der Waals surface area contributed by atoms with Crippen LogP contribution in [0.4, 0.5) is 5.69 Å². The van der Waals surface area contributed by atoms with Gasteiger partial charge in [0.1, 0.15) is 5.76 Å². The molecule has 1 aliphatic rings. The molecule has 0 atom stereocenters. The summed E-state index contributed by atoms with van der Waals surface area (Å²) < 4.78 is 5.95. The Labute approximate surface area is 181 Å². The topological polar surface area (TPSA) is 83.7 Å². The number of para-hydroxylation sites is 1. The number of hydrogen-bond acceptors (Lipinski definition) is 4. The zero-order valence-electron chi connectivity index (χ0n) is 17.9. The molecule has 2 aromatic carbocycles. The number of hydrazone groups is 1. The van der Waals surface area contributed by atoms with E-state index >= 15 is 0 Å². The molecule has 4 rings (SSSR count). The van der Waals surface area contributed by atoms with Gasteiger partial charge in [-0.25, -0.2) is 5.43 Å². The Morgan fingerprint density at radius 2 is 1.61 bits per heavy atom. The number of nitrogens with zero attached hydrogens (tertiary/aromatic N) is 1. The molecular formula is C25H25N3O3. The van der Waals surface area contributed by atoms with Crippen molar-refractivity contribution in [3.63, 3.8) is 0 Å². The van der Waals surface area contributed by atoms with Crippen molar-refractivity contribution in [3.8, 4) is 0 Å². The van der Waals surface area contributed by atoms with Crippen molar-refractivity contribution in [2.24, 2.45) is 5.10 Å². The summed E-state index contributed by atoms with van der Waals surface area (Å²) in [4.78, 5) is 25.4. The van der Waals surface area contributed by atoms with Gasteiger partial charge in [-0.3, -0.25) is 9.59 Å². The number of carbonyl (C=O) groups excluding carboxylic acids is 2. The molecule has 6 nitrogen and oxygen atoms in total. The van der Waals surface area contributed by atoms with E-state index in [2.05, 4.69) is 15.8 Å². The second-order valence-corrected chi connectivity index (χ2v) is 7.79. The maximum absolute atomic E-state index is 12.9. The van der Waals surface area contributed by atoms with Crippen LogP contribution in [0.15, 0.2) is 58.0 Å². The lowest BCUT2D eigenvalue weighted by Crippen LogP contribution is -2.22. The van der Waals surface area contributed by atoms with Crippen LogP contribution in [0.3, 0.4) is 0 Å². The van der Waals surface area contributed by atoms with E-state index in [-0.39, 0.29) is 17.6 Å². The number of amides is 2. The summed E-state index contributed by atoms with van der Waals surface area (Å²) in [5.74, 6) is 0.483. The molecule has 3 aromatic rings. The molecule has 0 aliphatic heterocycles. The van der Waals surface area contributed by atoms with Gasteiger partial charge in [-0.15, -0.1) is 0 Å². The Kier molecular flexibility index (Phi) is 5.71. The highest BCUT2D eigenvalue weighted by Crippen LogP contribution is 2.30. The molecule has 0 bridgehead atoms. The molecule has 0 radical (unpaired) electrons. The Morgan fingerprint density at radius 3 is 2.35 bits per heavy atom. The minimum Gasteiger partial charge on any atom is -0.455 e. The van der Waals surface area contributed by atoms with Gasteiger partial charge in [-0.05, 0) is 56.9 Å². The van der Waals surface area contributed by atoms with E-state index in [0.29, 0.717) is 12.0 Å².